The maximum atomic E-state index is 12.9. The van der Waals surface area contributed by atoms with Crippen LogP contribution in [0.1, 0.15) is 35.3 Å². The van der Waals surface area contributed by atoms with Crippen LogP contribution in [0.5, 0.6) is 5.75 Å². The Morgan fingerprint density at radius 3 is 2.16 bits per heavy atom. The SMILES string of the molecule is CC(=O)Oc1cccc(C(=O)N[C@@H](Cc2ccccc2)[C@H](OC(C)=O)C(=O)O)c1C.Cl. The summed E-state index contributed by atoms with van der Waals surface area (Å²) >= 11 is 0. The van der Waals surface area contributed by atoms with Gasteiger partial charge in [0.05, 0.1) is 6.04 Å². The first-order valence-electron chi connectivity index (χ1n) is 9.22. The third-order valence-corrected chi connectivity index (χ3v) is 4.30. The van der Waals surface area contributed by atoms with Gasteiger partial charge in [-0.2, -0.15) is 0 Å². The Morgan fingerprint density at radius 2 is 1.61 bits per heavy atom. The van der Waals surface area contributed by atoms with E-state index in [0.717, 1.165) is 12.5 Å². The number of esters is 2. The summed E-state index contributed by atoms with van der Waals surface area (Å²) < 4.78 is 10.1. The quantitative estimate of drug-likeness (QED) is 0.469. The second kappa shape index (κ2) is 11.7. The third kappa shape index (κ3) is 7.42. The molecule has 8 nitrogen and oxygen atoms in total. The molecule has 2 atom stereocenters. The molecule has 9 heteroatoms. The number of rotatable bonds is 8. The fourth-order valence-electron chi connectivity index (χ4n) is 2.96. The highest BCUT2D eigenvalue weighted by molar-refractivity contribution is 5.97. The number of halogens is 1. The van der Waals surface area contributed by atoms with Gasteiger partial charge in [-0.15, -0.1) is 12.4 Å². The van der Waals surface area contributed by atoms with Crippen molar-refractivity contribution in [3.05, 3.63) is 65.2 Å². The van der Waals surface area contributed by atoms with E-state index >= 15 is 0 Å². The maximum absolute atomic E-state index is 12.9. The van der Waals surface area contributed by atoms with Crippen LogP contribution in [-0.4, -0.2) is 41.1 Å². The van der Waals surface area contributed by atoms with Crippen LogP contribution in [0.25, 0.3) is 0 Å². The lowest BCUT2D eigenvalue weighted by Gasteiger charge is -2.25. The molecule has 0 aliphatic rings. The molecular weight excluding hydrogens is 426 g/mol. The number of hydrogen-bond donors (Lipinski definition) is 2. The second-order valence-corrected chi connectivity index (χ2v) is 6.66. The average molecular weight is 450 g/mol. The van der Waals surface area contributed by atoms with Crippen molar-refractivity contribution in [2.24, 2.45) is 0 Å². The van der Waals surface area contributed by atoms with Gasteiger partial charge in [0, 0.05) is 25.0 Å². The molecule has 0 aromatic heterocycles. The van der Waals surface area contributed by atoms with E-state index in [1.807, 2.05) is 6.07 Å². The van der Waals surface area contributed by atoms with Crippen LogP contribution in [0, 0.1) is 6.92 Å². The summed E-state index contributed by atoms with van der Waals surface area (Å²) in [6.45, 7) is 3.96. The molecule has 0 bridgehead atoms. The molecule has 2 N–H and O–H groups in total. The van der Waals surface area contributed by atoms with Gasteiger partial charge in [-0.3, -0.25) is 14.4 Å². The number of carboxylic acids is 1. The van der Waals surface area contributed by atoms with Crippen LogP contribution in [0.2, 0.25) is 0 Å². The van der Waals surface area contributed by atoms with E-state index in [9.17, 15) is 24.3 Å². The molecule has 2 aromatic rings. The largest absolute Gasteiger partial charge is 0.478 e. The van der Waals surface area contributed by atoms with Crippen molar-refractivity contribution in [2.75, 3.05) is 0 Å². The zero-order valence-corrected chi connectivity index (χ0v) is 18.1. The van der Waals surface area contributed by atoms with Crippen molar-refractivity contribution in [1.82, 2.24) is 5.32 Å². The van der Waals surface area contributed by atoms with Crippen LogP contribution < -0.4 is 10.1 Å². The van der Waals surface area contributed by atoms with Gasteiger partial charge in [-0.25, -0.2) is 4.79 Å². The molecule has 0 aliphatic carbocycles. The number of carbonyl (C=O) groups is 4. The topological polar surface area (TPSA) is 119 Å². The molecule has 0 saturated carbocycles. The minimum Gasteiger partial charge on any atom is -0.478 e. The maximum Gasteiger partial charge on any atom is 0.347 e. The van der Waals surface area contributed by atoms with Gasteiger partial charge >= 0.3 is 17.9 Å². The van der Waals surface area contributed by atoms with Crippen LogP contribution in [0.3, 0.4) is 0 Å². The lowest BCUT2D eigenvalue weighted by molar-refractivity contribution is -0.164. The predicted octanol–water partition coefficient (Wildman–Crippen LogP) is 2.70. The molecule has 0 saturated heterocycles. The molecular formula is C22H24ClNO7. The van der Waals surface area contributed by atoms with Crippen molar-refractivity contribution in [3.63, 3.8) is 0 Å². The monoisotopic (exact) mass is 449 g/mol. The van der Waals surface area contributed by atoms with E-state index in [4.69, 9.17) is 9.47 Å². The van der Waals surface area contributed by atoms with Crippen molar-refractivity contribution in [1.29, 1.82) is 0 Å². The van der Waals surface area contributed by atoms with Crippen LogP contribution in [-0.2, 0) is 25.5 Å². The number of hydrogen-bond acceptors (Lipinski definition) is 6. The zero-order valence-electron chi connectivity index (χ0n) is 17.3. The highest BCUT2D eigenvalue weighted by atomic mass is 35.5. The van der Waals surface area contributed by atoms with Crippen LogP contribution >= 0.6 is 12.4 Å². The Morgan fingerprint density at radius 1 is 0.968 bits per heavy atom. The first kappa shape index (κ1) is 25.6. The highest BCUT2D eigenvalue weighted by Crippen LogP contribution is 2.22. The van der Waals surface area contributed by atoms with E-state index < -0.39 is 36.0 Å². The van der Waals surface area contributed by atoms with Gasteiger partial charge in [0.25, 0.3) is 5.91 Å². The van der Waals surface area contributed by atoms with Crippen LogP contribution in [0.15, 0.2) is 48.5 Å². The van der Waals surface area contributed by atoms with Crippen LogP contribution in [0.4, 0.5) is 0 Å². The lowest BCUT2D eigenvalue weighted by Crippen LogP contribution is -2.50. The second-order valence-electron chi connectivity index (χ2n) is 6.66. The first-order valence-corrected chi connectivity index (χ1v) is 9.22. The molecule has 0 fully saturated rings. The number of benzene rings is 2. The molecule has 2 aromatic carbocycles. The van der Waals surface area contributed by atoms with E-state index in [1.165, 1.54) is 13.0 Å². The van der Waals surface area contributed by atoms with Crippen molar-refractivity contribution in [2.45, 2.75) is 39.3 Å². The molecule has 0 spiro atoms. The molecule has 0 aliphatic heterocycles. The Kier molecular flexibility index (Phi) is 9.69. The van der Waals surface area contributed by atoms with Gasteiger partial charge < -0.3 is 19.9 Å². The summed E-state index contributed by atoms with van der Waals surface area (Å²) in [5.74, 6) is -3.04. The van der Waals surface area contributed by atoms with Gasteiger partial charge in [-0.05, 0) is 31.0 Å². The Balaban J connectivity index is 0.00000480. The highest BCUT2D eigenvalue weighted by Gasteiger charge is 2.33. The van der Waals surface area contributed by atoms with E-state index in [0.29, 0.717) is 5.56 Å². The third-order valence-electron chi connectivity index (χ3n) is 4.30. The molecule has 1 amide bonds. The normalized spacial score (nSPS) is 12.0. The van der Waals surface area contributed by atoms with Crippen molar-refractivity contribution in [3.8, 4) is 5.75 Å². The van der Waals surface area contributed by atoms with Gasteiger partial charge in [0.15, 0.2) is 0 Å². The lowest BCUT2D eigenvalue weighted by atomic mass is 9.99. The molecule has 166 valence electrons. The Bertz CT molecular complexity index is 946. The first-order chi connectivity index (χ1) is 14.2. The molecule has 0 heterocycles. The molecule has 2 rings (SSSR count). The fraction of sp³-hybridized carbons (Fsp3) is 0.273. The smallest absolute Gasteiger partial charge is 0.347 e. The summed E-state index contributed by atoms with van der Waals surface area (Å²) in [6, 6.07) is 12.5. The minimum atomic E-state index is -1.58. The number of carbonyl (C=O) groups excluding carboxylic acids is 3. The van der Waals surface area contributed by atoms with Crippen molar-refractivity contribution >= 4 is 36.2 Å². The summed E-state index contributed by atoms with van der Waals surface area (Å²) in [4.78, 5) is 47.4. The standard InChI is InChI=1S/C22H23NO7.ClH/c1-13-17(10-7-11-19(13)29-14(2)24)21(26)23-18(12-16-8-5-4-6-9-16)20(22(27)28)30-15(3)25;/h4-11,18,20H,12H2,1-3H3,(H,23,26)(H,27,28);1H/t18-,20-;/m0./s1. The molecule has 0 unspecified atom stereocenters. The zero-order chi connectivity index (χ0) is 22.3. The van der Waals surface area contributed by atoms with Gasteiger partial charge in [0.1, 0.15) is 5.75 Å². The number of nitrogens with one attached hydrogen (secondary N) is 1. The van der Waals surface area contributed by atoms with E-state index in [-0.39, 0.29) is 30.1 Å². The number of ether oxygens (including phenoxy) is 2. The number of amides is 1. The van der Waals surface area contributed by atoms with E-state index in [1.54, 1.807) is 43.3 Å². The van der Waals surface area contributed by atoms with E-state index in [2.05, 4.69) is 5.32 Å². The average Bonchev–Trinajstić information content (AvgIpc) is 2.67. The molecule has 0 radical (unpaired) electrons. The number of aliphatic carboxylic acids is 1. The number of carboxylic acid groups (broad SMARTS) is 1. The Hall–Kier alpha value is -3.39. The summed E-state index contributed by atoms with van der Waals surface area (Å²) in [6.07, 6.45) is -1.46. The van der Waals surface area contributed by atoms with Gasteiger partial charge in [-0.1, -0.05) is 36.4 Å². The minimum absolute atomic E-state index is 0. The summed E-state index contributed by atoms with van der Waals surface area (Å²) in [5, 5.41) is 12.2. The predicted molar refractivity (Wildman–Crippen MR) is 114 cm³/mol. The van der Waals surface area contributed by atoms with Crippen molar-refractivity contribution < 1.29 is 33.8 Å². The fourth-order valence-corrected chi connectivity index (χ4v) is 2.96. The van der Waals surface area contributed by atoms with Gasteiger partial charge in [0.2, 0.25) is 6.10 Å². The summed E-state index contributed by atoms with van der Waals surface area (Å²) in [7, 11) is 0. The summed E-state index contributed by atoms with van der Waals surface area (Å²) in [5.41, 5.74) is 1.38. The molecule has 31 heavy (non-hydrogen) atoms. The Labute approximate surface area is 186 Å².